The molecule has 0 aromatic rings. The molecule has 158 valence electrons. The molecule has 0 radical (unpaired) electrons. The van der Waals surface area contributed by atoms with Crippen LogP contribution in [0.5, 0.6) is 0 Å². The molecule has 0 saturated carbocycles. The highest BCUT2D eigenvalue weighted by atomic mass is 127. The van der Waals surface area contributed by atoms with Gasteiger partial charge in [0.2, 0.25) is 5.91 Å². The molecule has 1 amide bonds. The standard InChI is InChI=1S/C19H38N6O.HI/c1-6-20-19(22-18-14-25(15(2)3)13-16(18)4)21-7-8-23-9-11-24(12-10-23)17(5)26;/h15-16,18H,6-14H2,1-5H3,(H2,20,21,22);1H. The van der Waals surface area contributed by atoms with E-state index in [9.17, 15) is 4.79 Å². The zero-order chi connectivity index (χ0) is 19.1. The molecule has 2 unspecified atom stereocenters. The Bertz CT molecular complexity index is 479. The number of carbonyl (C=O) groups excluding carboxylic acids is 1. The number of aliphatic imine (C=N–C) groups is 1. The zero-order valence-electron chi connectivity index (χ0n) is 17.7. The van der Waals surface area contributed by atoms with Crippen LogP contribution in [0.3, 0.4) is 0 Å². The number of hydrogen-bond acceptors (Lipinski definition) is 4. The van der Waals surface area contributed by atoms with E-state index in [4.69, 9.17) is 4.99 Å². The fourth-order valence-electron chi connectivity index (χ4n) is 3.70. The molecule has 2 atom stereocenters. The Hall–Kier alpha value is -0.610. The van der Waals surface area contributed by atoms with Crippen molar-refractivity contribution in [3.63, 3.8) is 0 Å². The minimum absolute atomic E-state index is 0. The van der Waals surface area contributed by atoms with Gasteiger partial charge in [-0.15, -0.1) is 24.0 Å². The summed E-state index contributed by atoms with van der Waals surface area (Å²) >= 11 is 0. The molecule has 0 aliphatic carbocycles. The average molecular weight is 494 g/mol. The van der Waals surface area contributed by atoms with E-state index in [1.807, 2.05) is 4.90 Å². The van der Waals surface area contributed by atoms with Gasteiger partial charge in [0, 0.05) is 71.4 Å². The van der Waals surface area contributed by atoms with Gasteiger partial charge in [0.15, 0.2) is 5.96 Å². The molecule has 0 aromatic carbocycles. The number of hydrogen-bond donors (Lipinski definition) is 2. The topological polar surface area (TPSA) is 63.2 Å². The predicted octanol–water partition coefficient (Wildman–Crippen LogP) is 1.05. The number of carbonyl (C=O) groups is 1. The molecule has 0 aromatic heterocycles. The number of likely N-dealkylation sites (tertiary alicyclic amines) is 1. The quantitative estimate of drug-likeness (QED) is 0.329. The van der Waals surface area contributed by atoms with E-state index in [0.29, 0.717) is 18.0 Å². The van der Waals surface area contributed by atoms with E-state index in [1.165, 1.54) is 0 Å². The minimum Gasteiger partial charge on any atom is -0.357 e. The molecular weight excluding hydrogens is 455 g/mol. The summed E-state index contributed by atoms with van der Waals surface area (Å²) in [5.41, 5.74) is 0. The van der Waals surface area contributed by atoms with Crippen molar-refractivity contribution in [3.8, 4) is 0 Å². The van der Waals surface area contributed by atoms with Crippen LogP contribution in [0, 0.1) is 5.92 Å². The van der Waals surface area contributed by atoms with Crippen molar-refractivity contribution in [2.45, 2.75) is 46.7 Å². The molecule has 2 N–H and O–H groups in total. The summed E-state index contributed by atoms with van der Waals surface area (Å²) in [5.74, 6) is 1.74. The third kappa shape index (κ3) is 7.73. The van der Waals surface area contributed by atoms with Crippen molar-refractivity contribution in [1.82, 2.24) is 25.3 Å². The second-order valence-electron chi connectivity index (χ2n) is 7.88. The smallest absolute Gasteiger partial charge is 0.219 e. The van der Waals surface area contributed by atoms with Gasteiger partial charge < -0.3 is 15.5 Å². The van der Waals surface area contributed by atoms with Gasteiger partial charge in [0.05, 0.1) is 6.54 Å². The maximum Gasteiger partial charge on any atom is 0.219 e. The van der Waals surface area contributed by atoms with Crippen LogP contribution < -0.4 is 10.6 Å². The van der Waals surface area contributed by atoms with Gasteiger partial charge in [0.25, 0.3) is 0 Å². The molecule has 2 fully saturated rings. The van der Waals surface area contributed by atoms with Crippen LogP contribution in [0.2, 0.25) is 0 Å². The van der Waals surface area contributed by atoms with Crippen LogP contribution >= 0.6 is 24.0 Å². The highest BCUT2D eigenvalue weighted by Gasteiger charge is 2.31. The summed E-state index contributed by atoms with van der Waals surface area (Å²) < 4.78 is 0. The van der Waals surface area contributed by atoms with E-state index in [0.717, 1.165) is 64.9 Å². The number of rotatable bonds is 6. The summed E-state index contributed by atoms with van der Waals surface area (Å²) in [6.07, 6.45) is 0. The summed E-state index contributed by atoms with van der Waals surface area (Å²) in [6, 6.07) is 1.05. The normalized spacial score (nSPS) is 24.8. The van der Waals surface area contributed by atoms with Gasteiger partial charge in [-0.05, 0) is 26.7 Å². The van der Waals surface area contributed by atoms with Gasteiger partial charge in [-0.1, -0.05) is 6.92 Å². The van der Waals surface area contributed by atoms with Crippen molar-refractivity contribution in [3.05, 3.63) is 0 Å². The monoisotopic (exact) mass is 494 g/mol. The Balaban J connectivity index is 0.00000364. The lowest BCUT2D eigenvalue weighted by molar-refractivity contribution is -0.130. The molecule has 0 spiro atoms. The molecule has 0 bridgehead atoms. The number of amides is 1. The number of piperazine rings is 1. The fraction of sp³-hybridized carbons (Fsp3) is 0.895. The molecule has 2 rings (SSSR count). The highest BCUT2D eigenvalue weighted by molar-refractivity contribution is 14.0. The first kappa shape index (κ1) is 24.4. The van der Waals surface area contributed by atoms with Crippen LogP contribution in [0.25, 0.3) is 0 Å². The van der Waals surface area contributed by atoms with Crippen molar-refractivity contribution < 1.29 is 4.79 Å². The molecule has 7 nitrogen and oxygen atoms in total. The van der Waals surface area contributed by atoms with Crippen LogP contribution in [0.15, 0.2) is 4.99 Å². The number of nitrogens with one attached hydrogen (secondary N) is 2. The average Bonchev–Trinajstić information content (AvgIpc) is 2.96. The lowest BCUT2D eigenvalue weighted by Crippen LogP contribution is -2.49. The lowest BCUT2D eigenvalue weighted by Gasteiger charge is -2.33. The van der Waals surface area contributed by atoms with E-state index < -0.39 is 0 Å². The van der Waals surface area contributed by atoms with Crippen LogP contribution in [-0.2, 0) is 4.79 Å². The van der Waals surface area contributed by atoms with Gasteiger partial charge in [-0.2, -0.15) is 0 Å². The number of nitrogens with zero attached hydrogens (tertiary/aromatic N) is 4. The summed E-state index contributed by atoms with van der Waals surface area (Å²) in [7, 11) is 0. The molecule has 27 heavy (non-hydrogen) atoms. The van der Waals surface area contributed by atoms with Gasteiger partial charge in [-0.3, -0.25) is 19.6 Å². The molecule has 2 aliphatic rings. The second-order valence-corrected chi connectivity index (χ2v) is 7.88. The summed E-state index contributed by atoms with van der Waals surface area (Å²) in [6.45, 7) is 19.0. The highest BCUT2D eigenvalue weighted by Crippen LogP contribution is 2.18. The summed E-state index contributed by atoms with van der Waals surface area (Å²) in [4.78, 5) is 23.0. The minimum atomic E-state index is 0. The maximum atomic E-state index is 11.4. The number of halogens is 1. The zero-order valence-corrected chi connectivity index (χ0v) is 20.0. The predicted molar refractivity (Wildman–Crippen MR) is 123 cm³/mol. The van der Waals surface area contributed by atoms with Crippen molar-refractivity contribution in [1.29, 1.82) is 0 Å². The Morgan fingerprint density at radius 3 is 2.37 bits per heavy atom. The third-order valence-electron chi connectivity index (χ3n) is 5.54. The largest absolute Gasteiger partial charge is 0.357 e. The first-order valence-electron chi connectivity index (χ1n) is 10.2. The summed E-state index contributed by atoms with van der Waals surface area (Å²) in [5, 5.41) is 7.02. The Morgan fingerprint density at radius 2 is 1.85 bits per heavy atom. The molecular formula is C19H39IN6O. The van der Waals surface area contributed by atoms with Crippen molar-refractivity contribution in [2.24, 2.45) is 10.9 Å². The maximum absolute atomic E-state index is 11.4. The van der Waals surface area contributed by atoms with Crippen LogP contribution in [0.1, 0.15) is 34.6 Å². The van der Waals surface area contributed by atoms with E-state index in [-0.39, 0.29) is 29.9 Å². The van der Waals surface area contributed by atoms with Gasteiger partial charge >= 0.3 is 0 Å². The fourth-order valence-corrected chi connectivity index (χ4v) is 3.70. The molecule has 8 heteroatoms. The van der Waals surface area contributed by atoms with Gasteiger partial charge in [-0.25, -0.2) is 0 Å². The van der Waals surface area contributed by atoms with Crippen molar-refractivity contribution in [2.75, 3.05) is 58.9 Å². The molecule has 2 aliphatic heterocycles. The Morgan fingerprint density at radius 1 is 1.19 bits per heavy atom. The van der Waals surface area contributed by atoms with Crippen molar-refractivity contribution >= 4 is 35.8 Å². The molecule has 2 heterocycles. The SMILES string of the molecule is CCNC(=NCCN1CCN(C(C)=O)CC1)NC1CN(C(C)C)CC1C.I. The second kappa shape index (κ2) is 12.1. The first-order chi connectivity index (χ1) is 12.4. The van der Waals surface area contributed by atoms with E-state index >= 15 is 0 Å². The van der Waals surface area contributed by atoms with Crippen LogP contribution in [-0.4, -0.2) is 97.6 Å². The van der Waals surface area contributed by atoms with E-state index in [2.05, 4.69) is 48.1 Å². The third-order valence-corrected chi connectivity index (χ3v) is 5.54. The Kier molecular flexibility index (Phi) is 10.9. The first-order valence-corrected chi connectivity index (χ1v) is 10.2. The number of guanidine groups is 1. The van der Waals surface area contributed by atoms with Gasteiger partial charge in [0.1, 0.15) is 0 Å². The van der Waals surface area contributed by atoms with Crippen LogP contribution in [0.4, 0.5) is 0 Å². The Labute approximate surface area is 182 Å². The molecule has 2 saturated heterocycles. The lowest BCUT2D eigenvalue weighted by atomic mass is 10.1. The van der Waals surface area contributed by atoms with E-state index in [1.54, 1.807) is 6.92 Å².